The van der Waals surface area contributed by atoms with E-state index in [1.807, 2.05) is 0 Å². The van der Waals surface area contributed by atoms with Crippen LogP contribution >= 0.6 is 11.6 Å². The van der Waals surface area contributed by atoms with Gasteiger partial charge in [-0.05, 0) is 53.0 Å². The third kappa shape index (κ3) is 5.07. The molecule has 3 nitrogen and oxygen atoms in total. The Morgan fingerprint density at radius 3 is 2.50 bits per heavy atom. The van der Waals surface area contributed by atoms with Crippen LogP contribution in [0.2, 0.25) is 5.02 Å². The molecular weight excluding hydrogens is 393 g/mol. The summed E-state index contributed by atoms with van der Waals surface area (Å²) in [4.78, 5) is 10.6. The van der Waals surface area contributed by atoms with Crippen molar-refractivity contribution >= 4 is 23.1 Å². The van der Waals surface area contributed by atoms with E-state index in [0.717, 1.165) is 5.56 Å². The zero-order valence-electron chi connectivity index (χ0n) is 14.9. The molecule has 28 heavy (non-hydrogen) atoms. The Morgan fingerprint density at radius 1 is 1.14 bits per heavy atom. The summed E-state index contributed by atoms with van der Waals surface area (Å²) >= 11 is 6.18. The second kappa shape index (κ2) is 8.27. The Kier molecular flexibility index (Phi) is 5.98. The number of rotatable bonds is 7. The molecular formula is C21H18ClF3O3. The van der Waals surface area contributed by atoms with Gasteiger partial charge in [-0.15, -0.1) is 0 Å². The summed E-state index contributed by atoms with van der Waals surface area (Å²) in [6, 6.07) is 10.4. The standard InChI is InChI=1S/C21H18ClF3O3/c22-18-9-13(2-8-20(26)27)1-7-19(18)28-12-15-10-21(24,25)11-17(15)14-3-5-16(23)6-4-14/h1,3-7,9H,2,8,10-12H2,(H,26,27). The minimum atomic E-state index is -2.87. The Morgan fingerprint density at radius 2 is 1.86 bits per heavy atom. The maximum Gasteiger partial charge on any atom is 0.303 e. The number of hydrogen-bond donors (Lipinski definition) is 1. The molecule has 0 amide bonds. The SMILES string of the molecule is O=C(O)CCc1ccc(OCC2=C(c3ccc(F)cc3)CC(F)(F)C2)c(Cl)c1. The van der Waals surface area contributed by atoms with Gasteiger partial charge in [-0.2, -0.15) is 0 Å². The molecule has 0 heterocycles. The molecule has 0 radical (unpaired) electrons. The van der Waals surface area contributed by atoms with Gasteiger partial charge < -0.3 is 9.84 Å². The first-order valence-corrected chi connectivity index (χ1v) is 9.09. The van der Waals surface area contributed by atoms with Crippen LogP contribution < -0.4 is 4.74 Å². The lowest BCUT2D eigenvalue weighted by Gasteiger charge is -2.12. The predicted molar refractivity (Wildman–Crippen MR) is 100 cm³/mol. The van der Waals surface area contributed by atoms with Crippen LogP contribution in [-0.4, -0.2) is 23.6 Å². The monoisotopic (exact) mass is 410 g/mol. The van der Waals surface area contributed by atoms with Gasteiger partial charge in [-0.25, -0.2) is 13.2 Å². The summed E-state index contributed by atoms with van der Waals surface area (Å²) in [5.74, 6) is -3.87. The molecule has 0 fully saturated rings. The van der Waals surface area contributed by atoms with Crippen molar-refractivity contribution in [2.45, 2.75) is 31.6 Å². The van der Waals surface area contributed by atoms with Gasteiger partial charge in [0.25, 0.3) is 5.92 Å². The van der Waals surface area contributed by atoms with Gasteiger partial charge in [0.2, 0.25) is 0 Å². The molecule has 7 heteroatoms. The molecule has 0 bridgehead atoms. The smallest absolute Gasteiger partial charge is 0.303 e. The molecule has 148 valence electrons. The van der Waals surface area contributed by atoms with Crippen molar-refractivity contribution in [2.75, 3.05) is 6.61 Å². The number of carbonyl (C=O) groups is 1. The highest BCUT2D eigenvalue weighted by molar-refractivity contribution is 6.32. The number of ether oxygens (including phenoxy) is 1. The number of alkyl halides is 2. The zero-order valence-corrected chi connectivity index (χ0v) is 15.6. The number of halogens is 4. The highest BCUT2D eigenvalue weighted by atomic mass is 35.5. The van der Waals surface area contributed by atoms with E-state index in [-0.39, 0.29) is 18.1 Å². The van der Waals surface area contributed by atoms with E-state index in [0.29, 0.717) is 28.9 Å². The van der Waals surface area contributed by atoms with Gasteiger partial charge in [0.05, 0.1) is 5.02 Å². The molecule has 1 aliphatic rings. The van der Waals surface area contributed by atoms with Crippen LogP contribution in [0.1, 0.15) is 30.4 Å². The van der Waals surface area contributed by atoms with Gasteiger partial charge in [0.15, 0.2) is 0 Å². The van der Waals surface area contributed by atoms with Gasteiger partial charge in [0, 0.05) is 19.3 Å². The maximum atomic E-state index is 14.0. The third-order valence-corrected chi connectivity index (χ3v) is 4.85. The van der Waals surface area contributed by atoms with E-state index in [9.17, 15) is 18.0 Å². The maximum absolute atomic E-state index is 14.0. The summed E-state index contributed by atoms with van der Waals surface area (Å²) in [7, 11) is 0. The van der Waals surface area contributed by atoms with Crippen molar-refractivity contribution in [3.05, 3.63) is 70.0 Å². The van der Waals surface area contributed by atoms with Crippen molar-refractivity contribution in [1.82, 2.24) is 0 Å². The molecule has 0 saturated carbocycles. The lowest BCUT2D eigenvalue weighted by atomic mass is 10.0. The summed E-state index contributed by atoms with van der Waals surface area (Å²) in [6.45, 7) is -0.0590. The minimum Gasteiger partial charge on any atom is -0.488 e. The molecule has 0 spiro atoms. The Labute approximate surface area is 165 Å². The number of aryl methyl sites for hydroxylation is 1. The van der Waals surface area contributed by atoms with Crippen molar-refractivity contribution in [3.63, 3.8) is 0 Å². The van der Waals surface area contributed by atoms with E-state index < -0.39 is 30.6 Å². The molecule has 0 unspecified atom stereocenters. The number of hydrogen-bond acceptors (Lipinski definition) is 2. The Bertz CT molecular complexity index is 908. The van der Waals surface area contributed by atoms with E-state index in [2.05, 4.69) is 0 Å². The van der Waals surface area contributed by atoms with Crippen molar-refractivity contribution in [2.24, 2.45) is 0 Å². The quantitative estimate of drug-likeness (QED) is 0.631. The molecule has 0 aromatic heterocycles. The fraction of sp³-hybridized carbons (Fsp3) is 0.286. The number of aliphatic carboxylic acids is 1. The van der Waals surface area contributed by atoms with Crippen LogP contribution in [0.5, 0.6) is 5.75 Å². The second-order valence-corrected chi connectivity index (χ2v) is 7.15. The average Bonchev–Trinajstić information content (AvgIpc) is 2.94. The summed E-state index contributed by atoms with van der Waals surface area (Å²) < 4.78 is 46.7. The average molecular weight is 411 g/mol. The minimum absolute atomic E-state index is 0.0144. The Hall–Kier alpha value is -2.47. The van der Waals surface area contributed by atoms with Gasteiger partial charge in [0.1, 0.15) is 18.2 Å². The molecule has 0 atom stereocenters. The van der Waals surface area contributed by atoms with Crippen LogP contribution in [-0.2, 0) is 11.2 Å². The van der Waals surface area contributed by atoms with E-state index in [1.165, 1.54) is 24.3 Å². The van der Waals surface area contributed by atoms with Crippen LogP contribution in [0.3, 0.4) is 0 Å². The lowest BCUT2D eigenvalue weighted by Crippen LogP contribution is -2.11. The predicted octanol–water partition coefficient (Wildman–Crippen LogP) is 5.76. The Balaban J connectivity index is 1.75. The number of allylic oxidation sites excluding steroid dienone is 1. The van der Waals surface area contributed by atoms with Crippen molar-refractivity contribution in [3.8, 4) is 5.75 Å². The van der Waals surface area contributed by atoms with E-state index in [4.69, 9.17) is 21.4 Å². The highest BCUT2D eigenvalue weighted by Gasteiger charge is 2.39. The summed E-state index contributed by atoms with van der Waals surface area (Å²) in [6.07, 6.45) is -0.520. The number of carboxylic acids is 1. The molecule has 0 aliphatic heterocycles. The first-order valence-electron chi connectivity index (χ1n) is 8.71. The normalized spacial score (nSPS) is 15.7. The first-order chi connectivity index (χ1) is 13.2. The zero-order chi connectivity index (χ0) is 20.3. The van der Waals surface area contributed by atoms with E-state index >= 15 is 0 Å². The van der Waals surface area contributed by atoms with Gasteiger partial charge in [-0.3, -0.25) is 4.79 Å². The van der Waals surface area contributed by atoms with E-state index in [1.54, 1.807) is 18.2 Å². The fourth-order valence-corrected chi connectivity index (χ4v) is 3.45. The summed E-state index contributed by atoms with van der Waals surface area (Å²) in [5, 5.41) is 9.02. The largest absolute Gasteiger partial charge is 0.488 e. The van der Waals surface area contributed by atoms with Crippen molar-refractivity contribution in [1.29, 1.82) is 0 Å². The van der Waals surface area contributed by atoms with Crippen LogP contribution in [0.4, 0.5) is 13.2 Å². The van der Waals surface area contributed by atoms with Gasteiger partial charge in [-0.1, -0.05) is 29.8 Å². The fourth-order valence-electron chi connectivity index (χ4n) is 3.19. The molecule has 0 saturated heterocycles. The highest BCUT2D eigenvalue weighted by Crippen LogP contribution is 2.44. The van der Waals surface area contributed by atoms with Crippen molar-refractivity contribution < 1.29 is 27.8 Å². The van der Waals surface area contributed by atoms with Crippen LogP contribution in [0.25, 0.3) is 5.57 Å². The molecule has 2 aromatic carbocycles. The molecule has 2 aromatic rings. The summed E-state index contributed by atoms with van der Waals surface area (Å²) in [5.41, 5.74) is 2.20. The second-order valence-electron chi connectivity index (χ2n) is 6.75. The molecule has 1 aliphatic carbocycles. The van der Waals surface area contributed by atoms with Crippen LogP contribution in [0, 0.1) is 5.82 Å². The number of carboxylic acid groups (broad SMARTS) is 1. The number of benzene rings is 2. The van der Waals surface area contributed by atoms with Gasteiger partial charge >= 0.3 is 5.97 Å². The van der Waals surface area contributed by atoms with Crippen LogP contribution in [0.15, 0.2) is 48.0 Å². The topological polar surface area (TPSA) is 46.5 Å². The molecule has 3 rings (SSSR count). The first kappa shape index (κ1) is 20.3. The third-order valence-electron chi connectivity index (χ3n) is 4.55. The molecule has 1 N–H and O–H groups in total. The lowest BCUT2D eigenvalue weighted by molar-refractivity contribution is -0.136.